The lowest BCUT2D eigenvalue weighted by Crippen LogP contribution is -2.34. The normalized spacial score (nSPS) is 20.3. The minimum absolute atomic E-state index is 0.0135. The molecule has 0 amide bonds. The van der Waals surface area contributed by atoms with Crippen LogP contribution in [-0.4, -0.2) is 11.2 Å². The second-order valence-electron chi connectivity index (χ2n) is 5.69. The number of nitrogens with two attached hydrogens (primary N) is 1. The highest BCUT2D eigenvalue weighted by Gasteiger charge is 2.33. The first-order chi connectivity index (χ1) is 9.79. The van der Waals surface area contributed by atoms with Gasteiger partial charge in [0.1, 0.15) is 5.82 Å². The van der Waals surface area contributed by atoms with E-state index in [-0.39, 0.29) is 11.5 Å². The topological polar surface area (TPSA) is 46.2 Å². The van der Waals surface area contributed by atoms with Crippen LogP contribution in [-0.2, 0) is 6.18 Å². The molecule has 1 saturated carbocycles. The first-order valence-electron chi connectivity index (χ1n) is 7.10. The Labute approximate surface area is 121 Å². The quantitative estimate of drug-likeness (QED) is 0.835. The summed E-state index contributed by atoms with van der Waals surface area (Å²) in [4.78, 5) is 0. The fourth-order valence-corrected chi connectivity index (χ4v) is 2.93. The molecule has 0 bridgehead atoms. The van der Waals surface area contributed by atoms with Crippen LogP contribution in [0.2, 0.25) is 0 Å². The highest BCUT2D eigenvalue weighted by Crippen LogP contribution is 2.34. The molecule has 118 valence electrons. The highest BCUT2D eigenvalue weighted by molar-refractivity contribution is 5.29. The van der Waals surface area contributed by atoms with Crippen LogP contribution in [0.5, 0.6) is 0 Å². The zero-order valence-electron chi connectivity index (χ0n) is 11.5. The van der Waals surface area contributed by atoms with Gasteiger partial charge in [0.25, 0.3) is 0 Å². The van der Waals surface area contributed by atoms with E-state index in [4.69, 9.17) is 5.73 Å². The van der Waals surface area contributed by atoms with Gasteiger partial charge in [-0.2, -0.15) is 13.2 Å². The summed E-state index contributed by atoms with van der Waals surface area (Å²) in [7, 11) is 0. The maximum Gasteiger partial charge on any atom is 0.416 e. The summed E-state index contributed by atoms with van der Waals surface area (Å²) in [5, 5.41) is 10.3. The SMILES string of the molecule is N[C@@H](c1cc(F)cc(C(F)(F)F)c1)[C@H](O)C1CCCCC1. The van der Waals surface area contributed by atoms with Crippen LogP contribution in [0.15, 0.2) is 18.2 Å². The van der Waals surface area contributed by atoms with Gasteiger partial charge in [0.15, 0.2) is 0 Å². The van der Waals surface area contributed by atoms with E-state index in [1.54, 1.807) is 0 Å². The molecule has 0 unspecified atom stereocenters. The fourth-order valence-electron chi connectivity index (χ4n) is 2.93. The molecule has 0 aromatic heterocycles. The van der Waals surface area contributed by atoms with Crippen LogP contribution in [0.25, 0.3) is 0 Å². The van der Waals surface area contributed by atoms with Gasteiger partial charge in [0.2, 0.25) is 0 Å². The van der Waals surface area contributed by atoms with Gasteiger partial charge in [0, 0.05) is 0 Å². The Hall–Kier alpha value is -1.14. The van der Waals surface area contributed by atoms with Crippen LogP contribution >= 0.6 is 0 Å². The Balaban J connectivity index is 2.21. The third-order valence-corrected chi connectivity index (χ3v) is 4.13. The molecule has 2 nitrogen and oxygen atoms in total. The van der Waals surface area contributed by atoms with Crippen molar-refractivity contribution in [2.45, 2.75) is 50.4 Å². The largest absolute Gasteiger partial charge is 0.416 e. The maximum atomic E-state index is 13.4. The molecule has 1 aromatic carbocycles. The second kappa shape index (κ2) is 6.32. The molecule has 21 heavy (non-hydrogen) atoms. The molecule has 1 aliphatic rings. The van der Waals surface area contributed by atoms with Crippen LogP contribution in [0.4, 0.5) is 17.6 Å². The van der Waals surface area contributed by atoms with Crippen molar-refractivity contribution in [3.63, 3.8) is 0 Å². The molecule has 2 atom stereocenters. The predicted molar refractivity (Wildman–Crippen MR) is 70.9 cm³/mol. The molecule has 0 saturated heterocycles. The number of halogens is 4. The summed E-state index contributed by atoms with van der Waals surface area (Å²) < 4.78 is 51.5. The highest BCUT2D eigenvalue weighted by atomic mass is 19.4. The molecule has 0 spiro atoms. The standard InChI is InChI=1S/C15H19F4NO/c16-12-7-10(6-11(8-12)15(17,18)19)13(20)14(21)9-4-2-1-3-5-9/h6-9,13-14,21H,1-5,20H2/t13-,14+/m0/s1. The van der Waals surface area contributed by atoms with E-state index in [0.717, 1.165) is 44.2 Å². The zero-order chi connectivity index (χ0) is 15.6. The predicted octanol–water partition coefficient (Wildman–Crippen LogP) is 3.79. The number of hydrogen-bond acceptors (Lipinski definition) is 2. The molecule has 1 aromatic rings. The monoisotopic (exact) mass is 305 g/mol. The molecular weight excluding hydrogens is 286 g/mol. The number of benzene rings is 1. The summed E-state index contributed by atoms with van der Waals surface area (Å²) in [5.74, 6) is -1.03. The van der Waals surface area contributed by atoms with Crippen LogP contribution < -0.4 is 5.73 Å². The lowest BCUT2D eigenvalue weighted by molar-refractivity contribution is -0.137. The molecule has 3 N–H and O–H groups in total. The van der Waals surface area contributed by atoms with Gasteiger partial charge in [-0.15, -0.1) is 0 Å². The number of alkyl halides is 3. The Morgan fingerprint density at radius 3 is 2.29 bits per heavy atom. The van der Waals surface area contributed by atoms with Crippen molar-refractivity contribution in [1.29, 1.82) is 0 Å². The van der Waals surface area contributed by atoms with Crippen molar-refractivity contribution >= 4 is 0 Å². The molecule has 0 radical (unpaired) electrons. The molecule has 0 aliphatic heterocycles. The van der Waals surface area contributed by atoms with E-state index in [9.17, 15) is 22.7 Å². The summed E-state index contributed by atoms with van der Waals surface area (Å²) in [6.07, 6.45) is -0.930. The van der Waals surface area contributed by atoms with Crippen molar-refractivity contribution < 1.29 is 22.7 Å². The maximum absolute atomic E-state index is 13.4. The van der Waals surface area contributed by atoms with Crippen molar-refractivity contribution in [3.8, 4) is 0 Å². The molecule has 0 heterocycles. The molecular formula is C15H19F4NO. The third-order valence-electron chi connectivity index (χ3n) is 4.13. The fraction of sp³-hybridized carbons (Fsp3) is 0.600. The second-order valence-corrected chi connectivity index (χ2v) is 5.69. The van der Waals surface area contributed by atoms with Crippen molar-refractivity contribution in [2.24, 2.45) is 11.7 Å². The van der Waals surface area contributed by atoms with E-state index < -0.39 is 29.7 Å². The van der Waals surface area contributed by atoms with E-state index >= 15 is 0 Å². The van der Waals surface area contributed by atoms with Gasteiger partial charge in [0.05, 0.1) is 17.7 Å². The smallest absolute Gasteiger partial charge is 0.391 e. The third kappa shape index (κ3) is 3.95. The van der Waals surface area contributed by atoms with E-state index in [2.05, 4.69) is 0 Å². The minimum atomic E-state index is -4.63. The summed E-state index contributed by atoms with van der Waals surface area (Å²) in [5.41, 5.74) is 4.77. The van der Waals surface area contributed by atoms with Crippen LogP contribution in [0.3, 0.4) is 0 Å². The Bertz CT molecular complexity index is 483. The van der Waals surface area contributed by atoms with Gasteiger partial charge in [-0.3, -0.25) is 0 Å². The molecule has 1 fully saturated rings. The van der Waals surface area contributed by atoms with Crippen molar-refractivity contribution in [1.82, 2.24) is 0 Å². The van der Waals surface area contributed by atoms with E-state index in [1.165, 1.54) is 0 Å². The van der Waals surface area contributed by atoms with Gasteiger partial charge < -0.3 is 10.8 Å². The number of rotatable bonds is 3. The number of hydrogen-bond donors (Lipinski definition) is 2. The molecule has 6 heteroatoms. The van der Waals surface area contributed by atoms with Gasteiger partial charge in [-0.25, -0.2) is 4.39 Å². The zero-order valence-corrected chi connectivity index (χ0v) is 11.5. The average molecular weight is 305 g/mol. The van der Waals surface area contributed by atoms with Gasteiger partial charge in [-0.05, 0) is 42.5 Å². The van der Waals surface area contributed by atoms with Gasteiger partial charge in [-0.1, -0.05) is 19.3 Å². The van der Waals surface area contributed by atoms with E-state index in [1.807, 2.05) is 0 Å². The average Bonchev–Trinajstić information content (AvgIpc) is 2.45. The van der Waals surface area contributed by atoms with Gasteiger partial charge >= 0.3 is 6.18 Å². The summed E-state index contributed by atoms with van der Waals surface area (Å²) in [6.45, 7) is 0. The molecule has 1 aliphatic carbocycles. The van der Waals surface area contributed by atoms with Crippen LogP contribution in [0, 0.1) is 11.7 Å². The Morgan fingerprint density at radius 2 is 1.71 bits per heavy atom. The lowest BCUT2D eigenvalue weighted by Gasteiger charge is -2.30. The Kier molecular flexibility index (Phi) is 4.88. The van der Waals surface area contributed by atoms with Crippen molar-refractivity contribution in [2.75, 3.05) is 0 Å². The summed E-state index contributed by atoms with van der Waals surface area (Å²) in [6, 6.07) is 1.21. The van der Waals surface area contributed by atoms with E-state index in [0.29, 0.717) is 6.07 Å². The van der Waals surface area contributed by atoms with Crippen LogP contribution in [0.1, 0.15) is 49.3 Å². The lowest BCUT2D eigenvalue weighted by atomic mass is 9.81. The molecule has 2 rings (SSSR count). The Morgan fingerprint density at radius 1 is 1.10 bits per heavy atom. The summed E-state index contributed by atoms with van der Waals surface area (Å²) >= 11 is 0. The number of aliphatic hydroxyl groups is 1. The van der Waals surface area contributed by atoms with Crippen molar-refractivity contribution in [3.05, 3.63) is 35.1 Å². The number of aliphatic hydroxyl groups excluding tert-OH is 1. The first kappa shape index (κ1) is 16.2. The first-order valence-corrected chi connectivity index (χ1v) is 7.10. The minimum Gasteiger partial charge on any atom is -0.391 e.